The van der Waals surface area contributed by atoms with Gasteiger partial charge < -0.3 is 25.2 Å². The maximum absolute atomic E-state index is 11.7. The fourth-order valence-electron chi connectivity index (χ4n) is 2.95. The zero-order chi connectivity index (χ0) is 18.6. The zero-order valence-corrected chi connectivity index (χ0v) is 13.3. The maximum Gasteiger partial charge on any atom is 0.335 e. The molecule has 0 aromatic rings. The Morgan fingerprint density at radius 1 is 1.12 bits per heavy atom. The van der Waals surface area contributed by atoms with Gasteiger partial charge in [0.2, 0.25) is 0 Å². The summed E-state index contributed by atoms with van der Waals surface area (Å²) in [6, 6.07) is 0.433. The standard InChI is InChI=1S/C10H15NO3.C4H6O6/c1-11-6-3-4-7(11)9(8(12)5-6)10(13)14-2;5-1(3(7)8)2(6)4(9)10/h6-7,9H,3-5H2,1-2H3;1-2,5-6H,(H,7,8)(H,9,10)/t6-,7+,9+;1-,2-/m01/s1. The lowest BCUT2D eigenvalue weighted by atomic mass is 9.89. The van der Waals surface area contributed by atoms with E-state index in [9.17, 15) is 19.2 Å². The minimum Gasteiger partial charge on any atom is -0.479 e. The molecule has 24 heavy (non-hydrogen) atoms. The minimum atomic E-state index is -2.27. The highest BCUT2D eigenvalue weighted by Crippen LogP contribution is 2.36. The summed E-state index contributed by atoms with van der Waals surface area (Å²) in [6.45, 7) is 0. The molecule has 0 amide bonds. The number of aliphatic hydroxyl groups excluding tert-OH is 2. The predicted molar refractivity (Wildman–Crippen MR) is 77.0 cm³/mol. The molecule has 2 aliphatic heterocycles. The number of methoxy groups -OCH3 is 1. The van der Waals surface area contributed by atoms with Crippen molar-refractivity contribution < 1.29 is 44.3 Å². The van der Waals surface area contributed by atoms with E-state index in [0.29, 0.717) is 12.5 Å². The number of aliphatic carboxylic acids is 2. The van der Waals surface area contributed by atoms with E-state index >= 15 is 0 Å². The zero-order valence-electron chi connectivity index (χ0n) is 13.3. The Morgan fingerprint density at radius 2 is 1.62 bits per heavy atom. The van der Waals surface area contributed by atoms with Gasteiger partial charge in [-0.2, -0.15) is 0 Å². The van der Waals surface area contributed by atoms with Crippen molar-refractivity contribution in [3.63, 3.8) is 0 Å². The van der Waals surface area contributed by atoms with Crippen LogP contribution in [0.2, 0.25) is 0 Å². The van der Waals surface area contributed by atoms with Gasteiger partial charge in [-0.05, 0) is 19.9 Å². The molecule has 5 atom stereocenters. The van der Waals surface area contributed by atoms with Crippen LogP contribution in [0, 0.1) is 5.92 Å². The number of fused-ring (bicyclic) bond motifs is 2. The second-order valence-electron chi connectivity index (χ2n) is 5.70. The van der Waals surface area contributed by atoms with Crippen molar-refractivity contribution in [3.05, 3.63) is 0 Å². The maximum atomic E-state index is 11.7. The SMILES string of the molecule is COC(=O)[C@H]1C(=O)C[C@@H]2CC[C@H]1N2C.O=C(O)[C@H](O)[C@@H](O)C(=O)O. The number of nitrogens with zero attached hydrogens (tertiary/aromatic N) is 1. The number of hydrogen-bond acceptors (Lipinski definition) is 8. The Balaban J connectivity index is 0.000000257. The monoisotopic (exact) mass is 347 g/mol. The Morgan fingerprint density at radius 3 is 2.04 bits per heavy atom. The number of hydrogen-bond donors (Lipinski definition) is 4. The number of carboxylic acids is 2. The summed E-state index contributed by atoms with van der Waals surface area (Å²) in [6.07, 6.45) is -2.06. The summed E-state index contributed by atoms with van der Waals surface area (Å²) in [5.74, 6) is -4.39. The Bertz CT molecular complexity index is 502. The van der Waals surface area contributed by atoms with Crippen molar-refractivity contribution in [3.8, 4) is 0 Å². The van der Waals surface area contributed by atoms with Crippen molar-refractivity contribution >= 4 is 23.7 Å². The van der Waals surface area contributed by atoms with E-state index in [4.69, 9.17) is 20.4 Å². The third kappa shape index (κ3) is 4.28. The molecule has 0 saturated carbocycles. The third-order valence-electron chi connectivity index (χ3n) is 4.32. The van der Waals surface area contributed by atoms with E-state index in [1.165, 1.54) is 7.11 Å². The lowest BCUT2D eigenvalue weighted by molar-refractivity contribution is -0.165. The molecule has 10 nitrogen and oxygen atoms in total. The molecular weight excluding hydrogens is 326 g/mol. The van der Waals surface area contributed by atoms with Crippen molar-refractivity contribution in [2.75, 3.05) is 14.2 Å². The summed E-state index contributed by atoms with van der Waals surface area (Å²) in [4.78, 5) is 44.8. The molecule has 2 aliphatic rings. The van der Waals surface area contributed by atoms with E-state index in [2.05, 4.69) is 9.64 Å². The minimum absolute atomic E-state index is 0.0578. The summed E-state index contributed by atoms with van der Waals surface area (Å²) in [7, 11) is 3.33. The number of esters is 1. The number of aliphatic hydroxyl groups is 2. The normalized spacial score (nSPS) is 28.3. The summed E-state index contributed by atoms with van der Waals surface area (Å²) < 4.78 is 4.67. The molecule has 2 fully saturated rings. The van der Waals surface area contributed by atoms with Crippen LogP contribution in [0.25, 0.3) is 0 Å². The van der Waals surface area contributed by atoms with Crippen LogP contribution in [0.5, 0.6) is 0 Å². The first kappa shape index (κ1) is 20.0. The van der Waals surface area contributed by atoms with Gasteiger partial charge in [0.1, 0.15) is 11.7 Å². The molecule has 0 aromatic heterocycles. The van der Waals surface area contributed by atoms with Gasteiger partial charge in [-0.25, -0.2) is 9.59 Å². The summed E-state index contributed by atoms with van der Waals surface area (Å²) in [5, 5.41) is 32.5. The molecule has 2 heterocycles. The van der Waals surface area contributed by atoms with Crippen molar-refractivity contribution in [1.29, 1.82) is 0 Å². The number of carbonyl (C=O) groups is 4. The highest BCUT2D eigenvalue weighted by atomic mass is 16.5. The first-order valence-electron chi connectivity index (χ1n) is 7.26. The average molecular weight is 347 g/mol. The van der Waals surface area contributed by atoms with E-state index in [1.54, 1.807) is 0 Å². The summed E-state index contributed by atoms with van der Waals surface area (Å²) >= 11 is 0. The van der Waals surface area contributed by atoms with Gasteiger partial charge >= 0.3 is 17.9 Å². The fraction of sp³-hybridized carbons (Fsp3) is 0.714. The number of ketones is 1. The van der Waals surface area contributed by atoms with Gasteiger partial charge in [0.15, 0.2) is 12.2 Å². The molecule has 2 bridgehead atoms. The lowest BCUT2D eigenvalue weighted by Crippen LogP contribution is -2.50. The van der Waals surface area contributed by atoms with Crippen LogP contribution in [-0.4, -0.2) is 87.5 Å². The number of carboxylic acid groups (broad SMARTS) is 2. The van der Waals surface area contributed by atoms with Crippen molar-refractivity contribution in [2.45, 2.75) is 43.6 Å². The second kappa shape index (κ2) is 8.18. The molecule has 4 N–H and O–H groups in total. The Kier molecular flexibility index (Phi) is 6.81. The lowest BCUT2D eigenvalue weighted by Gasteiger charge is -2.34. The topological polar surface area (TPSA) is 162 Å². The first-order valence-corrected chi connectivity index (χ1v) is 7.26. The van der Waals surface area contributed by atoms with Crippen LogP contribution in [0.4, 0.5) is 0 Å². The molecule has 0 spiro atoms. The number of rotatable bonds is 4. The summed E-state index contributed by atoms with van der Waals surface area (Å²) in [5.41, 5.74) is 0. The molecule has 0 aliphatic carbocycles. The highest BCUT2D eigenvalue weighted by molar-refractivity contribution is 6.00. The predicted octanol–water partition coefficient (Wildman–Crippen LogP) is -1.91. The number of piperidine rings is 1. The highest BCUT2D eigenvalue weighted by Gasteiger charge is 2.48. The van der Waals surface area contributed by atoms with Crippen LogP contribution >= 0.6 is 0 Å². The number of carbonyl (C=O) groups excluding carboxylic acids is 2. The van der Waals surface area contributed by atoms with Gasteiger partial charge in [-0.3, -0.25) is 14.5 Å². The van der Waals surface area contributed by atoms with E-state index in [1.807, 2.05) is 7.05 Å². The third-order valence-corrected chi connectivity index (χ3v) is 4.32. The van der Waals surface area contributed by atoms with E-state index < -0.39 is 30.1 Å². The van der Waals surface area contributed by atoms with Crippen LogP contribution in [-0.2, 0) is 23.9 Å². The molecule has 0 radical (unpaired) electrons. The van der Waals surface area contributed by atoms with Gasteiger partial charge in [-0.15, -0.1) is 0 Å². The van der Waals surface area contributed by atoms with Crippen LogP contribution in [0.1, 0.15) is 19.3 Å². The molecule has 0 aromatic carbocycles. The molecule has 2 saturated heterocycles. The van der Waals surface area contributed by atoms with Crippen LogP contribution in [0.15, 0.2) is 0 Å². The average Bonchev–Trinajstić information content (AvgIpc) is 2.77. The van der Waals surface area contributed by atoms with Crippen LogP contribution in [0.3, 0.4) is 0 Å². The second-order valence-corrected chi connectivity index (χ2v) is 5.70. The van der Waals surface area contributed by atoms with Gasteiger partial charge in [0.25, 0.3) is 0 Å². The molecule has 136 valence electrons. The Labute approximate surface area is 137 Å². The Hall–Kier alpha value is -2.04. The number of ether oxygens (including phenoxy) is 1. The number of Topliss-reactive ketones (excluding diaryl/α,β-unsaturated/α-hetero) is 1. The van der Waals surface area contributed by atoms with E-state index in [0.717, 1.165) is 12.8 Å². The first-order chi connectivity index (χ1) is 11.1. The largest absolute Gasteiger partial charge is 0.479 e. The van der Waals surface area contributed by atoms with E-state index in [-0.39, 0.29) is 17.8 Å². The van der Waals surface area contributed by atoms with Gasteiger partial charge in [0.05, 0.1) is 7.11 Å². The van der Waals surface area contributed by atoms with Crippen LogP contribution < -0.4 is 0 Å². The quantitative estimate of drug-likeness (QED) is 0.333. The fourth-order valence-corrected chi connectivity index (χ4v) is 2.95. The van der Waals surface area contributed by atoms with Crippen molar-refractivity contribution in [1.82, 2.24) is 4.90 Å². The van der Waals surface area contributed by atoms with Gasteiger partial charge in [0, 0.05) is 18.5 Å². The molecule has 0 unspecified atom stereocenters. The van der Waals surface area contributed by atoms with Gasteiger partial charge in [-0.1, -0.05) is 0 Å². The smallest absolute Gasteiger partial charge is 0.335 e. The molecule has 2 rings (SSSR count). The molecule has 10 heteroatoms. The molecular formula is C14H21NO9. The van der Waals surface area contributed by atoms with Crippen molar-refractivity contribution in [2.24, 2.45) is 5.92 Å².